The lowest BCUT2D eigenvalue weighted by atomic mass is 10.1. The van der Waals surface area contributed by atoms with E-state index in [2.05, 4.69) is 24.0 Å². The van der Waals surface area contributed by atoms with Gasteiger partial charge in [-0.05, 0) is 12.5 Å². The third-order valence-corrected chi connectivity index (χ3v) is 2.45. The summed E-state index contributed by atoms with van der Waals surface area (Å²) in [5.41, 5.74) is 9.15. The van der Waals surface area contributed by atoms with E-state index >= 15 is 0 Å². The van der Waals surface area contributed by atoms with E-state index in [0.29, 0.717) is 5.95 Å². The number of nitrogens with two attached hydrogens (primary N) is 1. The van der Waals surface area contributed by atoms with Crippen LogP contribution in [0.3, 0.4) is 0 Å². The highest BCUT2D eigenvalue weighted by Crippen LogP contribution is 2.23. The Hall–Kier alpha value is -1.77. The minimum atomic E-state index is 0.545. The second kappa shape index (κ2) is 3.18. The first-order valence-electron chi connectivity index (χ1n) is 4.53. The Balaban J connectivity index is 2.60. The van der Waals surface area contributed by atoms with Crippen LogP contribution in [-0.4, -0.2) is 9.55 Å². The maximum atomic E-state index is 5.68. The molecule has 0 radical (unpaired) electrons. The largest absolute Gasteiger partial charge is 0.369 e. The van der Waals surface area contributed by atoms with Crippen LogP contribution >= 0.6 is 0 Å². The molecule has 0 bridgehead atoms. The first-order valence-corrected chi connectivity index (χ1v) is 4.53. The van der Waals surface area contributed by atoms with E-state index in [9.17, 15) is 0 Å². The lowest BCUT2D eigenvalue weighted by Crippen LogP contribution is -1.99. The predicted molar refractivity (Wildman–Crippen MR) is 57.8 cm³/mol. The highest BCUT2D eigenvalue weighted by molar-refractivity contribution is 5.64. The molecular weight excluding hydrogens is 174 g/mol. The van der Waals surface area contributed by atoms with Crippen LogP contribution in [0.25, 0.3) is 11.3 Å². The maximum Gasteiger partial charge on any atom is 0.200 e. The van der Waals surface area contributed by atoms with Gasteiger partial charge in [-0.1, -0.05) is 24.3 Å². The van der Waals surface area contributed by atoms with Gasteiger partial charge in [-0.2, -0.15) is 0 Å². The second-order valence-corrected chi connectivity index (χ2v) is 3.38. The molecule has 2 N–H and O–H groups in total. The topological polar surface area (TPSA) is 43.8 Å². The van der Waals surface area contributed by atoms with Crippen LogP contribution < -0.4 is 5.73 Å². The third-order valence-electron chi connectivity index (χ3n) is 2.45. The van der Waals surface area contributed by atoms with Crippen molar-refractivity contribution in [3.63, 3.8) is 0 Å². The van der Waals surface area contributed by atoms with E-state index < -0.39 is 0 Å². The van der Waals surface area contributed by atoms with Crippen molar-refractivity contribution >= 4 is 5.95 Å². The SMILES string of the molecule is Cc1ccccc1-c1cnc(N)n1C. The standard InChI is InChI=1S/C11H13N3/c1-8-5-3-4-6-9(8)10-7-13-11(12)14(10)2/h3-7H,1-2H3,(H2,12,13). The first kappa shape index (κ1) is 8.81. The summed E-state index contributed by atoms with van der Waals surface area (Å²) in [7, 11) is 1.92. The molecule has 0 amide bonds. The van der Waals surface area contributed by atoms with Crippen molar-refractivity contribution in [3.05, 3.63) is 36.0 Å². The average molecular weight is 187 g/mol. The van der Waals surface area contributed by atoms with E-state index in [1.54, 1.807) is 6.20 Å². The van der Waals surface area contributed by atoms with Crippen molar-refractivity contribution in [1.29, 1.82) is 0 Å². The molecule has 14 heavy (non-hydrogen) atoms. The average Bonchev–Trinajstić information content (AvgIpc) is 2.49. The normalized spacial score (nSPS) is 10.4. The van der Waals surface area contributed by atoms with Gasteiger partial charge >= 0.3 is 0 Å². The number of benzene rings is 1. The summed E-state index contributed by atoms with van der Waals surface area (Å²) in [6.45, 7) is 2.08. The molecule has 2 aromatic rings. The molecule has 1 heterocycles. The number of hydrogen-bond donors (Lipinski definition) is 1. The lowest BCUT2D eigenvalue weighted by molar-refractivity contribution is 0.937. The summed E-state index contributed by atoms with van der Waals surface area (Å²) in [5, 5.41) is 0. The van der Waals surface area contributed by atoms with Crippen LogP contribution in [0.1, 0.15) is 5.56 Å². The van der Waals surface area contributed by atoms with Crippen LogP contribution in [0.4, 0.5) is 5.95 Å². The molecular formula is C11H13N3. The Labute approximate surface area is 83.2 Å². The number of rotatable bonds is 1. The Kier molecular flexibility index (Phi) is 2.00. The minimum absolute atomic E-state index is 0.545. The number of nitrogen functional groups attached to an aromatic ring is 1. The van der Waals surface area contributed by atoms with Gasteiger partial charge in [-0.3, -0.25) is 0 Å². The highest BCUT2D eigenvalue weighted by Gasteiger charge is 2.07. The monoisotopic (exact) mass is 187 g/mol. The number of aromatic nitrogens is 2. The second-order valence-electron chi connectivity index (χ2n) is 3.38. The fourth-order valence-electron chi connectivity index (χ4n) is 1.53. The molecule has 0 spiro atoms. The number of imidazole rings is 1. The fraction of sp³-hybridized carbons (Fsp3) is 0.182. The molecule has 0 aliphatic heterocycles. The van der Waals surface area contributed by atoms with Gasteiger partial charge in [0.05, 0.1) is 11.9 Å². The summed E-state index contributed by atoms with van der Waals surface area (Å²) in [6, 6.07) is 8.20. The molecule has 0 fully saturated rings. The molecule has 0 atom stereocenters. The van der Waals surface area contributed by atoms with Crippen molar-refractivity contribution in [2.24, 2.45) is 7.05 Å². The van der Waals surface area contributed by atoms with Crippen molar-refractivity contribution in [3.8, 4) is 11.3 Å². The zero-order valence-corrected chi connectivity index (χ0v) is 8.36. The third kappa shape index (κ3) is 1.27. The molecule has 0 saturated carbocycles. The van der Waals surface area contributed by atoms with Crippen LogP contribution in [0.15, 0.2) is 30.5 Å². The van der Waals surface area contributed by atoms with Crippen molar-refractivity contribution < 1.29 is 0 Å². The summed E-state index contributed by atoms with van der Waals surface area (Å²) in [4.78, 5) is 4.07. The zero-order valence-electron chi connectivity index (χ0n) is 8.36. The summed E-state index contributed by atoms with van der Waals surface area (Å²) in [5.74, 6) is 0.545. The highest BCUT2D eigenvalue weighted by atomic mass is 15.1. The zero-order chi connectivity index (χ0) is 10.1. The van der Waals surface area contributed by atoms with Gasteiger partial charge in [-0.15, -0.1) is 0 Å². The predicted octanol–water partition coefficient (Wildman–Crippen LogP) is 1.98. The van der Waals surface area contributed by atoms with E-state index in [-0.39, 0.29) is 0 Å². The van der Waals surface area contributed by atoms with Gasteiger partial charge in [0, 0.05) is 12.6 Å². The number of hydrogen-bond acceptors (Lipinski definition) is 2. The Morgan fingerprint density at radius 1 is 1.29 bits per heavy atom. The number of nitrogens with zero attached hydrogens (tertiary/aromatic N) is 2. The van der Waals surface area contributed by atoms with E-state index in [1.165, 1.54) is 11.1 Å². The summed E-state index contributed by atoms with van der Waals surface area (Å²) < 4.78 is 1.89. The number of aryl methyl sites for hydroxylation is 1. The molecule has 3 heteroatoms. The van der Waals surface area contributed by atoms with E-state index in [1.807, 2.05) is 23.7 Å². The van der Waals surface area contributed by atoms with Crippen LogP contribution in [0.2, 0.25) is 0 Å². The molecule has 0 unspecified atom stereocenters. The molecule has 3 nitrogen and oxygen atoms in total. The van der Waals surface area contributed by atoms with Crippen LogP contribution in [-0.2, 0) is 7.05 Å². The van der Waals surface area contributed by atoms with Crippen LogP contribution in [0, 0.1) is 6.92 Å². The van der Waals surface area contributed by atoms with Gasteiger partial charge in [0.1, 0.15) is 0 Å². The Morgan fingerprint density at radius 2 is 2.00 bits per heavy atom. The molecule has 0 aliphatic rings. The van der Waals surface area contributed by atoms with Gasteiger partial charge in [0.2, 0.25) is 0 Å². The fourth-order valence-corrected chi connectivity index (χ4v) is 1.53. The molecule has 1 aromatic heterocycles. The molecule has 1 aromatic carbocycles. The van der Waals surface area contributed by atoms with Gasteiger partial charge in [0.15, 0.2) is 5.95 Å². The van der Waals surface area contributed by atoms with Gasteiger partial charge in [-0.25, -0.2) is 4.98 Å². The molecule has 72 valence electrons. The maximum absolute atomic E-state index is 5.68. The molecule has 0 aliphatic carbocycles. The summed E-state index contributed by atoms with van der Waals surface area (Å²) in [6.07, 6.45) is 1.80. The molecule has 0 saturated heterocycles. The Morgan fingerprint density at radius 3 is 2.57 bits per heavy atom. The van der Waals surface area contributed by atoms with E-state index in [0.717, 1.165) is 5.69 Å². The van der Waals surface area contributed by atoms with E-state index in [4.69, 9.17) is 5.73 Å². The van der Waals surface area contributed by atoms with Crippen LogP contribution in [0.5, 0.6) is 0 Å². The van der Waals surface area contributed by atoms with Gasteiger partial charge in [0.25, 0.3) is 0 Å². The van der Waals surface area contributed by atoms with Gasteiger partial charge < -0.3 is 10.3 Å². The molecule has 2 rings (SSSR count). The minimum Gasteiger partial charge on any atom is -0.369 e. The number of anilines is 1. The quantitative estimate of drug-likeness (QED) is 0.741. The summed E-state index contributed by atoms with van der Waals surface area (Å²) >= 11 is 0. The lowest BCUT2D eigenvalue weighted by Gasteiger charge is -2.06. The first-order chi connectivity index (χ1) is 6.70. The smallest absolute Gasteiger partial charge is 0.200 e. The Bertz CT molecular complexity index is 457. The van der Waals surface area contributed by atoms with Crippen molar-refractivity contribution in [2.75, 3.05) is 5.73 Å². The van der Waals surface area contributed by atoms with Crippen molar-refractivity contribution in [1.82, 2.24) is 9.55 Å². The van der Waals surface area contributed by atoms with Crippen molar-refractivity contribution in [2.45, 2.75) is 6.92 Å².